The van der Waals surface area contributed by atoms with E-state index in [0.29, 0.717) is 16.8 Å². The lowest BCUT2D eigenvalue weighted by Crippen LogP contribution is -2.16. The Morgan fingerprint density at radius 2 is 2.14 bits per heavy atom. The van der Waals surface area contributed by atoms with Crippen molar-refractivity contribution in [2.45, 2.75) is 20.3 Å². The molecule has 0 aromatic carbocycles. The normalized spacial score (nSPS) is 19.9. The molecular weight excluding hydrogens is 282 g/mol. The Balaban J connectivity index is 2.18. The number of carbonyl (C=O) groups is 2. The van der Waals surface area contributed by atoms with Gasteiger partial charge in [-0.2, -0.15) is 0 Å². The Morgan fingerprint density at radius 3 is 2.71 bits per heavy atom. The molecule has 1 aliphatic carbocycles. The van der Waals surface area contributed by atoms with Crippen LogP contribution in [0.5, 0.6) is 0 Å². The molecule has 2 heterocycles. The third-order valence-corrected chi connectivity index (χ3v) is 4.60. The van der Waals surface area contributed by atoms with Crippen LogP contribution in [0.3, 0.4) is 0 Å². The summed E-state index contributed by atoms with van der Waals surface area (Å²) >= 11 is 1.52. The first kappa shape index (κ1) is 13.8. The fourth-order valence-corrected chi connectivity index (χ4v) is 3.41. The zero-order chi connectivity index (χ0) is 15.0. The van der Waals surface area contributed by atoms with Crippen LogP contribution < -0.4 is 5.32 Å². The van der Waals surface area contributed by atoms with Crippen LogP contribution in [0.15, 0.2) is 58.0 Å². The van der Waals surface area contributed by atoms with Crippen molar-refractivity contribution >= 4 is 28.7 Å². The van der Waals surface area contributed by atoms with E-state index >= 15 is 0 Å². The van der Waals surface area contributed by atoms with Crippen LogP contribution in [0, 0.1) is 0 Å². The summed E-state index contributed by atoms with van der Waals surface area (Å²) < 4.78 is 0. The van der Waals surface area contributed by atoms with Crippen molar-refractivity contribution in [2.24, 2.45) is 0 Å². The van der Waals surface area contributed by atoms with Gasteiger partial charge in [-0.25, -0.2) is 0 Å². The molecule has 3 rings (SSSR count). The summed E-state index contributed by atoms with van der Waals surface area (Å²) in [5.74, 6) is -0.272. The highest BCUT2D eigenvalue weighted by Gasteiger charge is 2.33. The highest BCUT2D eigenvalue weighted by Crippen LogP contribution is 2.35. The minimum atomic E-state index is -0.186. The van der Waals surface area contributed by atoms with Crippen LogP contribution in [-0.4, -0.2) is 11.7 Å². The van der Waals surface area contributed by atoms with Gasteiger partial charge in [-0.3, -0.25) is 9.59 Å². The topological polar surface area (TPSA) is 46.2 Å². The van der Waals surface area contributed by atoms with Gasteiger partial charge in [-0.1, -0.05) is 24.3 Å². The number of ketones is 1. The molecule has 0 spiro atoms. The van der Waals surface area contributed by atoms with E-state index in [1.165, 1.54) is 18.3 Å². The van der Waals surface area contributed by atoms with Gasteiger partial charge < -0.3 is 5.32 Å². The molecule has 0 fully saturated rings. The second kappa shape index (κ2) is 5.30. The number of thiophene rings is 1. The number of hydrogen-bond donors (Lipinski definition) is 1. The van der Waals surface area contributed by atoms with Gasteiger partial charge in [-0.15, -0.1) is 11.3 Å². The quantitative estimate of drug-likeness (QED) is 0.869. The molecule has 0 unspecified atom stereocenters. The number of hydrogen-bond acceptors (Lipinski definition) is 3. The zero-order valence-electron chi connectivity index (χ0n) is 11.9. The van der Waals surface area contributed by atoms with E-state index in [9.17, 15) is 9.59 Å². The third-order valence-electron chi connectivity index (χ3n) is 3.71. The molecule has 1 amide bonds. The maximum absolute atomic E-state index is 12.4. The van der Waals surface area contributed by atoms with Crippen LogP contribution in [0.4, 0.5) is 0 Å². The van der Waals surface area contributed by atoms with Gasteiger partial charge in [0.05, 0.1) is 21.7 Å². The SMILES string of the molecule is CC(=O)C1=C(c2cccs2)NC(=O)C1=C(C)C1=CC=CC1. The minimum absolute atomic E-state index is 0.0855. The second-order valence-corrected chi connectivity index (χ2v) is 6.01. The summed E-state index contributed by atoms with van der Waals surface area (Å²) in [7, 11) is 0. The van der Waals surface area contributed by atoms with E-state index in [4.69, 9.17) is 0 Å². The van der Waals surface area contributed by atoms with Crippen molar-refractivity contribution in [3.63, 3.8) is 0 Å². The van der Waals surface area contributed by atoms with Crippen molar-refractivity contribution in [3.05, 3.63) is 62.9 Å². The van der Waals surface area contributed by atoms with Crippen molar-refractivity contribution in [1.29, 1.82) is 0 Å². The van der Waals surface area contributed by atoms with Gasteiger partial charge in [0, 0.05) is 0 Å². The Morgan fingerprint density at radius 1 is 1.33 bits per heavy atom. The zero-order valence-corrected chi connectivity index (χ0v) is 12.7. The number of Topliss-reactive ketones (excluding diaryl/α,β-unsaturated/α-hetero) is 1. The van der Waals surface area contributed by atoms with Gasteiger partial charge in [-0.05, 0) is 42.9 Å². The van der Waals surface area contributed by atoms with Crippen molar-refractivity contribution in [1.82, 2.24) is 5.32 Å². The Labute approximate surface area is 127 Å². The highest BCUT2D eigenvalue weighted by molar-refractivity contribution is 7.11. The van der Waals surface area contributed by atoms with Crippen LogP contribution in [0.2, 0.25) is 0 Å². The molecule has 2 aliphatic rings. The standard InChI is InChI=1S/C17H15NO2S/c1-10(12-6-3-4-7-12)14-15(11(2)19)16(18-17(14)20)13-8-5-9-21-13/h3-6,8-9H,7H2,1-2H3,(H,18,20). The van der Waals surface area contributed by atoms with Crippen LogP contribution in [0.25, 0.3) is 5.70 Å². The lowest BCUT2D eigenvalue weighted by molar-refractivity contribution is -0.117. The van der Waals surface area contributed by atoms with Gasteiger partial charge in [0.15, 0.2) is 5.78 Å². The van der Waals surface area contributed by atoms with Crippen molar-refractivity contribution in [2.75, 3.05) is 0 Å². The number of allylic oxidation sites excluding steroid dienone is 5. The number of rotatable bonds is 3. The monoisotopic (exact) mass is 297 g/mol. The van der Waals surface area contributed by atoms with Crippen LogP contribution in [-0.2, 0) is 9.59 Å². The number of nitrogens with one attached hydrogen (secondary N) is 1. The van der Waals surface area contributed by atoms with Gasteiger partial charge in [0.2, 0.25) is 0 Å². The predicted molar refractivity (Wildman–Crippen MR) is 84.6 cm³/mol. The summed E-state index contributed by atoms with van der Waals surface area (Å²) in [6.07, 6.45) is 6.83. The van der Waals surface area contributed by atoms with Crippen molar-refractivity contribution < 1.29 is 9.59 Å². The van der Waals surface area contributed by atoms with Crippen molar-refractivity contribution in [3.8, 4) is 0 Å². The molecule has 21 heavy (non-hydrogen) atoms. The molecule has 0 saturated carbocycles. The molecule has 1 N–H and O–H groups in total. The molecule has 1 aromatic rings. The first-order valence-electron chi connectivity index (χ1n) is 6.77. The van der Waals surface area contributed by atoms with Gasteiger partial charge in [0.1, 0.15) is 0 Å². The molecule has 3 nitrogen and oxygen atoms in total. The summed E-state index contributed by atoms with van der Waals surface area (Å²) in [6.45, 7) is 3.42. The van der Waals surface area contributed by atoms with E-state index in [1.54, 1.807) is 0 Å². The lowest BCUT2D eigenvalue weighted by Gasteiger charge is -2.08. The minimum Gasteiger partial charge on any atom is -0.320 e. The third kappa shape index (κ3) is 2.32. The van der Waals surface area contributed by atoms with Crippen LogP contribution >= 0.6 is 11.3 Å². The summed E-state index contributed by atoms with van der Waals surface area (Å²) in [5, 5.41) is 4.80. The van der Waals surface area contributed by atoms with E-state index < -0.39 is 0 Å². The second-order valence-electron chi connectivity index (χ2n) is 5.06. The Bertz CT molecular complexity index is 746. The largest absolute Gasteiger partial charge is 0.320 e. The molecule has 0 saturated heterocycles. The summed E-state index contributed by atoms with van der Waals surface area (Å²) in [5.41, 5.74) is 3.64. The fraction of sp³-hybridized carbons (Fsp3) is 0.176. The maximum Gasteiger partial charge on any atom is 0.256 e. The molecule has 4 heteroatoms. The van der Waals surface area contributed by atoms with Gasteiger partial charge >= 0.3 is 0 Å². The number of amides is 1. The summed E-state index contributed by atoms with van der Waals surface area (Å²) in [4.78, 5) is 25.4. The first-order chi connectivity index (χ1) is 10.1. The molecule has 0 bridgehead atoms. The predicted octanol–water partition coefficient (Wildman–Crippen LogP) is 3.38. The smallest absolute Gasteiger partial charge is 0.256 e. The van der Waals surface area contributed by atoms with E-state index in [2.05, 4.69) is 5.32 Å². The molecule has 1 aromatic heterocycles. The van der Waals surface area contributed by atoms with E-state index in [1.807, 2.05) is 42.7 Å². The fourth-order valence-electron chi connectivity index (χ4n) is 2.68. The lowest BCUT2D eigenvalue weighted by atomic mass is 9.93. The summed E-state index contributed by atoms with van der Waals surface area (Å²) in [6, 6.07) is 3.83. The molecular formula is C17H15NO2S. The molecule has 0 atom stereocenters. The Kier molecular flexibility index (Phi) is 3.47. The van der Waals surface area contributed by atoms with Crippen LogP contribution in [0.1, 0.15) is 25.1 Å². The first-order valence-corrected chi connectivity index (χ1v) is 7.65. The van der Waals surface area contributed by atoms with E-state index in [0.717, 1.165) is 22.4 Å². The molecule has 0 radical (unpaired) electrons. The molecule has 1 aliphatic heterocycles. The molecule has 106 valence electrons. The number of carbonyl (C=O) groups excluding carboxylic acids is 2. The average molecular weight is 297 g/mol. The van der Waals surface area contributed by atoms with Gasteiger partial charge in [0.25, 0.3) is 5.91 Å². The Hall–Kier alpha value is -2.20. The van der Waals surface area contributed by atoms with E-state index in [-0.39, 0.29) is 11.7 Å². The maximum atomic E-state index is 12.4. The highest BCUT2D eigenvalue weighted by atomic mass is 32.1. The average Bonchev–Trinajstić information content (AvgIpc) is 3.18.